The largest absolute Gasteiger partial charge is 0.504 e. The van der Waals surface area contributed by atoms with Crippen LogP contribution in [0.4, 0.5) is 0 Å². The van der Waals surface area contributed by atoms with Gasteiger partial charge in [0.15, 0.2) is 11.5 Å². The van der Waals surface area contributed by atoms with Gasteiger partial charge in [-0.2, -0.15) is 0 Å². The van der Waals surface area contributed by atoms with Crippen LogP contribution in [0.25, 0.3) is 11.6 Å². The van der Waals surface area contributed by atoms with E-state index < -0.39 is 0 Å². The van der Waals surface area contributed by atoms with Gasteiger partial charge in [-0.3, -0.25) is 4.98 Å². The smallest absolute Gasteiger partial charge is 0.161 e. The molecular formula is C18H19NO2. The van der Waals surface area contributed by atoms with Crippen molar-refractivity contribution in [3.05, 3.63) is 52.8 Å². The molecule has 1 aliphatic rings. The lowest BCUT2D eigenvalue weighted by Crippen LogP contribution is -2.06. The lowest BCUT2D eigenvalue weighted by molar-refractivity contribution is 0.373. The summed E-state index contributed by atoms with van der Waals surface area (Å²) in [6.07, 6.45) is 7.32. The van der Waals surface area contributed by atoms with Gasteiger partial charge < -0.3 is 9.84 Å². The Labute approximate surface area is 124 Å². The number of fused-ring (bicyclic) bond motifs is 1. The number of hydrogen-bond donors (Lipinski definition) is 1. The fourth-order valence-electron chi connectivity index (χ4n) is 2.88. The topological polar surface area (TPSA) is 42.4 Å². The molecule has 0 atom stereocenters. The summed E-state index contributed by atoms with van der Waals surface area (Å²) in [5, 5.41) is 9.68. The fraction of sp³-hybridized carbons (Fsp3) is 0.278. The van der Waals surface area contributed by atoms with Crippen LogP contribution in [0.1, 0.15) is 35.2 Å². The van der Waals surface area contributed by atoms with Crippen molar-refractivity contribution in [3.8, 4) is 11.5 Å². The number of ether oxygens (including phenoxy) is 1. The Morgan fingerprint density at radius 2 is 2.10 bits per heavy atom. The first-order chi connectivity index (χ1) is 10.2. The molecule has 3 rings (SSSR count). The highest BCUT2D eigenvalue weighted by Crippen LogP contribution is 2.34. The number of phenolic OH excluding ortho intramolecular Hbond substituents is 1. The lowest BCUT2D eigenvalue weighted by atomic mass is 9.88. The maximum atomic E-state index is 9.68. The van der Waals surface area contributed by atoms with Gasteiger partial charge in [-0.25, -0.2) is 0 Å². The average Bonchev–Trinajstić information content (AvgIpc) is 2.50. The third-order valence-corrected chi connectivity index (χ3v) is 4.01. The van der Waals surface area contributed by atoms with E-state index in [0.717, 1.165) is 30.5 Å². The zero-order valence-electron chi connectivity index (χ0n) is 12.4. The summed E-state index contributed by atoms with van der Waals surface area (Å²) in [7, 11) is 1.56. The first-order valence-electron chi connectivity index (χ1n) is 7.21. The van der Waals surface area contributed by atoms with Crippen molar-refractivity contribution in [2.24, 2.45) is 0 Å². The first kappa shape index (κ1) is 13.7. The van der Waals surface area contributed by atoms with Gasteiger partial charge in [0.25, 0.3) is 0 Å². The van der Waals surface area contributed by atoms with Crippen LogP contribution in [-0.4, -0.2) is 17.2 Å². The van der Waals surface area contributed by atoms with Gasteiger partial charge in [-0.15, -0.1) is 0 Å². The van der Waals surface area contributed by atoms with Crippen molar-refractivity contribution in [2.45, 2.75) is 26.2 Å². The summed E-state index contributed by atoms with van der Waals surface area (Å²) < 4.78 is 5.17. The molecule has 0 saturated carbocycles. The molecule has 0 fully saturated rings. The standard InChI is InChI=1S/C18H19NO2/c1-12-8-9-19-18-14(4-3-5-15(12)18)10-13-6-7-16(20)17(11-13)21-2/h6-11,20H,3-5H2,1-2H3/b14-10+. The lowest BCUT2D eigenvalue weighted by Gasteiger charge is -2.19. The van der Waals surface area contributed by atoms with Gasteiger partial charge in [-0.1, -0.05) is 6.07 Å². The van der Waals surface area contributed by atoms with Crippen molar-refractivity contribution in [1.29, 1.82) is 0 Å². The highest BCUT2D eigenvalue weighted by atomic mass is 16.5. The van der Waals surface area contributed by atoms with E-state index in [9.17, 15) is 5.11 Å². The number of hydrogen-bond acceptors (Lipinski definition) is 3. The minimum Gasteiger partial charge on any atom is -0.504 e. The molecular weight excluding hydrogens is 262 g/mol. The molecule has 0 bridgehead atoms. The van der Waals surface area contributed by atoms with Gasteiger partial charge in [-0.05, 0) is 72.7 Å². The number of methoxy groups -OCH3 is 1. The Kier molecular flexibility index (Phi) is 3.65. The molecule has 3 heteroatoms. The maximum absolute atomic E-state index is 9.68. The highest BCUT2D eigenvalue weighted by molar-refractivity contribution is 5.82. The van der Waals surface area contributed by atoms with E-state index in [1.165, 1.54) is 16.7 Å². The van der Waals surface area contributed by atoms with Crippen molar-refractivity contribution in [3.63, 3.8) is 0 Å². The van der Waals surface area contributed by atoms with Crippen molar-refractivity contribution >= 4 is 11.6 Å². The molecule has 1 N–H and O–H groups in total. The SMILES string of the molecule is COc1cc(/C=C2\CCCc3c(C)ccnc32)ccc1O. The first-order valence-corrected chi connectivity index (χ1v) is 7.21. The number of aryl methyl sites for hydroxylation is 1. The molecule has 0 unspecified atom stereocenters. The third-order valence-electron chi connectivity index (χ3n) is 4.01. The number of allylic oxidation sites excluding steroid dienone is 1. The van der Waals surface area contributed by atoms with Crippen molar-refractivity contribution in [1.82, 2.24) is 4.98 Å². The molecule has 1 heterocycles. The minimum atomic E-state index is 0.165. The molecule has 0 amide bonds. The molecule has 0 radical (unpaired) electrons. The van der Waals surface area contributed by atoms with Crippen LogP contribution in [0.3, 0.4) is 0 Å². The fourth-order valence-corrected chi connectivity index (χ4v) is 2.88. The van der Waals surface area contributed by atoms with E-state index in [-0.39, 0.29) is 5.75 Å². The summed E-state index contributed by atoms with van der Waals surface area (Å²) in [5.41, 5.74) is 6.08. The van der Waals surface area contributed by atoms with Gasteiger partial charge in [0.2, 0.25) is 0 Å². The molecule has 0 aliphatic heterocycles. The number of rotatable bonds is 2. The van der Waals surface area contributed by atoms with Crippen LogP contribution in [0.2, 0.25) is 0 Å². The minimum absolute atomic E-state index is 0.165. The van der Waals surface area contributed by atoms with E-state index in [2.05, 4.69) is 24.1 Å². The Hall–Kier alpha value is -2.29. The zero-order chi connectivity index (χ0) is 14.8. The summed E-state index contributed by atoms with van der Waals surface area (Å²) >= 11 is 0. The second-order valence-corrected chi connectivity index (χ2v) is 5.41. The number of aromatic nitrogens is 1. The number of benzene rings is 1. The van der Waals surface area contributed by atoms with Crippen LogP contribution in [0, 0.1) is 6.92 Å². The Balaban J connectivity index is 2.04. The van der Waals surface area contributed by atoms with Gasteiger partial charge >= 0.3 is 0 Å². The summed E-state index contributed by atoms with van der Waals surface area (Å²) in [6, 6.07) is 7.49. The molecule has 21 heavy (non-hydrogen) atoms. The van der Waals surface area contributed by atoms with Gasteiger partial charge in [0, 0.05) is 6.20 Å². The molecule has 3 nitrogen and oxygen atoms in total. The number of aromatic hydroxyl groups is 1. The van der Waals surface area contributed by atoms with E-state index >= 15 is 0 Å². The van der Waals surface area contributed by atoms with E-state index in [4.69, 9.17) is 4.74 Å². The number of nitrogens with zero attached hydrogens (tertiary/aromatic N) is 1. The van der Waals surface area contributed by atoms with Crippen molar-refractivity contribution < 1.29 is 9.84 Å². The predicted octanol–water partition coefficient (Wildman–Crippen LogP) is 3.98. The van der Waals surface area contributed by atoms with Crippen LogP contribution >= 0.6 is 0 Å². The van der Waals surface area contributed by atoms with Crippen LogP contribution < -0.4 is 4.74 Å². The summed E-state index contributed by atoms with van der Waals surface area (Å²) in [4.78, 5) is 4.57. The monoisotopic (exact) mass is 281 g/mol. The normalized spacial score (nSPS) is 15.8. The molecule has 1 aromatic carbocycles. The molecule has 108 valence electrons. The van der Waals surface area contributed by atoms with Crippen molar-refractivity contribution in [2.75, 3.05) is 7.11 Å². The zero-order valence-corrected chi connectivity index (χ0v) is 12.4. The quantitative estimate of drug-likeness (QED) is 0.905. The molecule has 0 saturated heterocycles. The number of phenols is 1. The Morgan fingerprint density at radius 3 is 2.90 bits per heavy atom. The van der Waals surface area contributed by atoms with Gasteiger partial charge in [0.1, 0.15) is 0 Å². The second-order valence-electron chi connectivity index (χ2n) is 5.41. The molecule has 2 aromatic rings. The van der Waals surface area contributed by atoms with Gasteiger partial charge in [0.05, 0.1) is 12.8 Å². The average molecular weight is 281 g/mol. The summed E-state index contributed by atoms with van der Waals surface area (Å²) in [6.45, 7) is 2.15. The predicted molar refractivity (Wildman–Crippen MR) is 84.4 cm³/mol. The Bertz CT molecular complexity index is 704. The second kappa shape index (κ2) is 5.60. The molecule has 1 aromatic heterocycles. The van der Waals surface area contributed by atoms with E-state index in [1.807, 2.05) is 18.3 Å². The molecule has 0 spiro atoms. The third kappa shape index (κ3) is 2.64. The molecule has 1 aliphatic carbocycles. The summed E-state index contributed by atoms with van der Waals surface area (Å²) in [5.74, 6) is 0.662. The van der Waals surface area contributed by atoms with Crippen LogP contribution in [0.15, 0.2) is 30.5 Å². The van der Waals surface area contributed by atoms with Crippen LogP contribution in [-0.2, 0) is 6.42 Å². The Morgan fingerprint density at radius 1 is 1.24 bits per heavy atom. The number of pyridine rings is 1. The van der Waals surface area contributed by atoms with E-state index in [1.54, 1.807) is 13.2 Å². The maximum Gasteiger partial charge on any atom is 0.161 e. The van der Waals surface area contributed by atoms with E-state index in [0.29, 0.717) is 5.75 Å². The van der Waals surface area contributed by atoms with Crippen LogP contribution in [0.5, 0.6) is 11.5 Å². The highest BCUT2D eigenvalue weighted by Gasteiger charge is 2.17.